The third-order valence-electron chi connectivity index (χ3n) is 4.56. The third-order valence-corrected chi connectivity index (χ3v) is 4.80. The molecule has 0 aliphatic carbocycles. The molecule has 2 amide bonds. The fourth-order valence-corrected chi connectivity index (χ4v) is 3.50. The molecule has 0 bridgehead atoms. The largest absolute Gasteiger partial charge is 0.452 e. The van der Waals surface area contributed by atoms with Gasteiger partial charge in [-0.3, -0.25) is 9.59 Å². The van der Waals surface area contributed by atoms with E-state index in [-0.39, 0.29) is 11.1 Å². The van der Waals surface area contributed by atoms with E-state index < -0.39 is 30.3 Å². The molecule has 0 fully saturated rings. The summed E-state index contributed by atoms with van der Waals surface area (Å²) in [5.41, 5.74) is 8.02. The van der Waals surface area contributed by atoms with Gasteiger partial charge in [-0.25, -0.2) is 4.79 Å². The molecule has 0 saturated carbocycles. The number of ether oxygens (including phenoxy) is 1. The zero-order valence-electron chi connectivity index (χ0n) is 17.3. The summed E-state index contributed by atoms with van der Waals surface area (Å²) in [7, 11) is 0. The van der Waals surface area contributed by atoms with E-state index in [1.54, 1.807) is 44.2 Å². The standard InChI is InChI=1S/C23H24ClN3O4/c1-5-8-17(6-2)27-18(28)12-31-23(30)20-14(4)26-13(3)19(22(25)29)21(20)15-9-7-10-16(24)11-15/h5-11,21,26H,1-2,12H2,3-4H3,(H2,25,29)(H,27,28)/b17-8+. The van der Waals surface area contributed by atoms with Crippen LogP contribution in [-0.4, -0.2) is 24.4 Å². The zero-order chi connectivity index (χ0) is 23.1. The molecular weight excluding hydrogens is 418 g/mol. The van der Waals surface area contributed by atoms with Crippen molar-refractivity contribution in [2.75, 3.05) is 6.61 Å². The Kier molecular flexibility index (Phi) is 7.99. The summed E-state index contributed by atoms with van der Waals surface area (Å²) in [6.45, 7) is 9.96. The van der Waals surface area contributed by atoms with E-state index in [0.29, 0.717) is 27.7 Å². The predicted octanol–water partition coefficient (Wildman–Crippen LogP) is 2.98. The van der Waals surface area contributed by atoms with Gasteiger partial charge in [-0.15, -0.1) is 0 Å². The summed E-state index contributed by atoms with van der Waals surface area (Å²) in [5.74, 6) is -2.79. The maximum absolute atomic E-state index is 13.0. The second-order valence-electron chi connectivity index (χ2n) is 6.74. The molecule has 162 valence electrons. The smallest absolute Gasteiger partial charge is 0.337 e. The average Bonchev–Trinajstić information content (AvgIpc) is 2.70. The summed E-state index contributed by atoms with van der Waals surface area (Å²) in [6.07, 6.45) is 4.47. The average molecular weight is 442 g/mol. The lowest BCUT2D eigenvalue weighted by atomic mass is 9.80. The van der Waals surface area contributed by atoms with Crippen LogP contribution < -0.4 is 16.4 Å². The van der Waals surface area contributed by atoms with Gasteiger partial charge in [0.25, 0.3) is 5.91 Å². The second-order valence-corrected chi connectivity index (χ2v) is 7.18. The number of hydrogen-bond acceptors (Lipinski definition) is 5. The van der Waals surface area contributed by atoms with Gasteiger partial charge in [-0.2, -0.15) is 0 Å². The molecule has 31 heavy (non-hydrogen) atoms. The van der Waals surface area contributed by atoms with Gasteiger partial charge in [0.2, 0.25) is 5.91 Å². The summed E-state index contributed by atoms with van der Waals surface area (Å²) in [6, 6.07) is 6.78. The van der Waals surface area contributed by atoms with Gasteiger partial charge in [-0.1, -0.05) is 43.0 Å². The molecule has 0 aromatic heterocycles. The Hall–Kier alpha value is -3.58. The van der Waals surface area contributed by atoms with Crippen LogP contribution in [0.3, 0.4) is 0 Å². The van der Waals surface area contributed by atoms with Crippen LogP contribution in [0.4, 0.5) is 0 Å². The minimum atomic E-state index is -0.794. The van der Waals surface area contributed by atoms with Crippen LogP contribution in [0.5, 0.6) is 0 Å². The predicted molar refractivity (Wildman–Crippen MR) is 120 cm³/mol. The number of nitrogens with two attached hydrogens (primary N) is 1. The lowest BCUT2D eigenvalue weighted by Gasteiger charge is -2.30. The van der Waals surface area contributed by atoms with Crippen molar-refractivity contribution in [1.29, 1.82) is 0 Å². The number of benzene rings is 1. The Bertz CT molecular complexity index is 1040. The topological polar surface area (TPSA) is 111 Å². The van der Waals surface area contributed by atoms with Crippen LogP contribution >= 0.6 is 11.6 Å². The fraction of sp³-hybridized carbons (Fsp3) is 0.174. The molecule has 0 saturated heterocycles. The van der Waals surface area contributed by atoms with E-state index in [1.165, 1.54) is 12.2 Å². The first-order chi connectivity index (χ1) is 14.7. The number of hydrogen-bond donors (Lipinski definition) is 3. The quantitative estimate of drug-likeness (QED) is 0.424. The molecule has 7 nitrogen and oxygen atoms in total. The highest BCUT2D eigenvalue weighted by molar-refractivity contribution is 6.30. The highest BCUT2D eigenvalue weighted by Crippen LogP contribution is 2.39. The number of halogens is 1. The number of allylic oxidation sites excluding steroid dienone is 5. The first kappa shape index (κ1) is 23.7. The number of carbonyl (C=O) groups is 3. The molecule has 0 radical (unpaired) electrons. The Balaban J connectivity index is 2.34. The molecule has 1 aromatic rings. The van der Waals surface area contributed by atoms with Crippen LogP contribution in [0.2, 0.25) is 5.02 Å². The van der Waals surface area contributed by atoms with Crippen molar-refractivity contribution in [2.45, 2.75) is 19.8 Å². The SMILES string of the molecule is C=C/C=C(\C=C)NC(=O)COC(=O)C1=C(C)NC(C)=C(C(N)=O)C1c1cccc(Cl)c1. The van der Waals surface area contributed by atoms with E-state index >= 15 is 0 Å². The van der Waals surface area contributed by atoms with Gasteiger partial charge in [0.05, 0.1) is 11.5 Å². The monoisotopic (exact) mass is 441 g/mol. The molecular formula is C23H24ClN3O4. The van der Waals surface area contributed by atoms with Gasteiger partial charge >= 0.3 is 5.97 Å². The fourth-order valence-electron chi connectivity index (χ4n) is 3.30. The molecule has 1 atom stereocenters. The van der Waals surface area contributed by atoms with Crippen molar-refractivity contribution >= 4 is 29.4 Å². The van der Waals surface area contributed by atoms with E-state index in [9.17, 15) is 14.4 Å². The summed E-state index contributed by atoms with van der Waals surface area (Å²) < 4.78 is 5.24. The molecule has 1 aliphatic heterocycles. The van der Waals surface area contributed by atoms with Gasteiger partial charge in [0.1, 0.15) is 0 Å². The summed E-state index contributed by atoms with van der Waals surface area (Å²) in [4.78, 5) is 37.3. The molecule has 4 N–H and O–H groups in total. The molecule has 1 aromatic carbocycles. The van der Waals surface area contributed by atoms with Gasteiger partial charge in [0.15, 0.2) is 6.61 Å². The van der Waals surface area contributed by atoms with Crippen LogP contribution in [0.15, 0.2) is 83.9 Å². The normalized spacial score (nSPS) is 16.4. The number of dihydropyridines is 1. The number of nitrogens with one attached hydrogen (secondary N) is 2. The van der Waals surface area contributed by atoms with Crippen LogP contribution in [-0.2, 0) is 19.1 Å². The minimum Gasteiger partial charge on any atom is -0.452 e. The molecule has 1 heterocycles. The van der Waals surface area contributed by atoms with Gasteiger partial charge < -0.3 is 21.1 Å². The van der Waals surface area contributed by atoms with Crippen LogP contribution in [0.25, 0.3) is 0 Å². The van der Waals surface area contributed by atoms with Crippen molar-refractivity contribution < 1.29 is 19.1 Å². The van der Waals surface area contributed by atoms with E-state index in [1.807, 2.05) is 0 Å². The van der Waals surface area contributed by atoms with Crippen molar-refractivity contribution in [1.82, 2.24) is 10.6 Å². The number of esters is 1. The number of primary amides is 1. The summed E-state index contributed by atoms with van der Waals surface area (Å²) >= 11 is 6.13. The van der Waals surface area contributed by atoms with Crippen LogP contribution in [0, 0.1) is 0 Å². The highest BCUT2D eigenvalue weighted by atomic mass is 35.5. The second kappa shape index (κ2) is 10.4. The lowest BCUT2D eigenvalue weighted by molar-refractivity contribution is -0.144. The van der Waals surface area contributed by atoms with Crippen LogP contribution in [0.1, 0.15) is 25.3 Å². The molecule has 1 unspecified atom stereocenters. The molecule has 8 heteroatoms. The Labute approximate surface area is 186 Å². The van der Waals surface area contributed by atoms with Crippen molar-refractivity contribution in [3.8, 4) is 0 Å². The highest BCUT2D eigenvalue weighted by Gasteiger charge is 2.36. The summed E-state index contributed by atoms with van der Waals surface area (Å²) in [5, 5.41) is 5.98. The minimum absolute atomic E-state index is 0.167. The van der Waals surface area contributed by atoms with E-state index in [2.05, 4.69) is 23.8 Å². The van der Waals surface area contributed by atoms with Crippen molar-refractivity contribution in [3.05, 3.63) is 94.5 Å². The Morgan fingerprint density at radius 3 is 2.48 bits per heavy atom. The Morgan fingerprint density at radius 1 is 1.23 bits per heavy atom. The van der Waals surface area contributed by atoms with Crippen molar-refractivity contribution in [3.63, 3.8) is 0 Å². The molecule has 2 rings (SSSR count). The number of rotatable bonds is 8. The molecule has 1 aliphatic rings. The maximum Gasteiger partial charge on any atom is 0.337 e. The van der Waals surface area contributed by atoms with Gasteiger partial charge in [0, 0.05) is 27.7 Å². The number of carbonyl (C=O) groups excluding carboxylic acids is 3. The Morgan fingerprint density at radius 2 is 1.90 bits per heavy atom. The zero-order valence-corrected chi connectivity index (χ0v) is 18.1. The molecule has 0 spiro atoms. The van der Waals surface area contributed by atoms with E-state index in [4.69, 9.17) is 22.1 Å². The van der Waals surface area contributed by atoms with Crippen molar-refractivity contribution in [2.24, 2.45) is 5.73 Å². The first-order valence-corrected chi connectivity index (χ1v) is 9.73. The lowest BCUT2D eigenvalue weighted by Crippen LogP contribution is -2.35. The van der Waals surface area contributed by atoms with E-state index in [0.717, 1.165) is 0 Å². The number of amides is 2. The third kappa shape index (κ3) is 5.73. The van der Waals surface area contributed by atoms with Gasteiger partial charge in [-0.05, 0) is 43.7 Å². The maximum atomic E-state index is 13.0. The first-order valence-electron chi connectivity index (χ1n) is 9.35.